The number of rotatable bonds is 5. The van der Waals surface area contributed by atoms with Crippen LogP contribution in [0.25, 0.3) is 11.5 Å². The Morgan fingerprint density at radius 3 is 2.50 bits per heavy atom. The average molecular weight is 435 g/mol. The normalized spacial score (nSPS) is 11.0. The van der Waals surface area contributed by atoms with Crippen LogP contribution < -0.4 is 0 Å². The zero-order chi connectivity index (χ0) is 18.7. The summed E-state index contributed by atoms with van der Waals surface area (Å²) in [6, 6.07) is 14.5. The van der Waals surface area contributed by atoms with Crippen molar-refractivity contribution in [2.75, 3.05) is 0 Å². The van der Waals surface area contributed by atoms with Crippen LogP contribution in [-0.4, -0.2) is 27.0 Å². The van der Waals surface area contributed by atoms with E-state index in [4.69, 9.17) is 16.0 Å². The summed E-state index contributed by atoms with van der Waals surface area (Å²) in [5.74, 6) is 0.606. The predicted octanol–water partition coefficient (Wildman–Crippen LogP) is 5.20. The number of hydrogen-bond donors (Lipinski definition) is 0. The van der Waals surface area contributed by atoms with Gasteiger partial charge in [-0.05, 0) is 50.2 Å². The first-order chi connectivity index (χ1) is 12.5. The van der Waals surface area contributed by atoms with Crippen molar-refractivity contribution in [3.63, 3.8) is 0 Å². The molecule has 1 heterocycles. The fourth-order valence-electron chi connectivity index (χ4n) is 2.45. The minimum absolute atomic E-state index is 0.0261. The van der Waals surface area contributed by atoms with Crippen molar-refractivity contribution in [2.45, 2.75) is 26.4 Å². The van der Waals surface area contributed by atoms with Gasteiger partial charge in [0.05, 0.1) is 17.1 Å². The molecule has 26 heavy (non-hydrogen) atoms. The molecule has 7 heteroatoms. The maximum atomic E-state index is 12.8. The van der Waals surface area contributed by atoms with Crippen molar-refractivity contribution in [1.82, 2.24) is 15.1 Å². The predicted molar refractivity (Wildman–Crippen MR) is 104 cm³/mol. The zero-order valence-electron chi connectivity index (χ0n) is 14.3. The van der Waals surface area contributed by atoms with Crippen molar-refractivity contribution in [2.24, 2.45) is 0 Å². The Hall–Kier alpha value is -2.18. The van der Waals surface area contributed by atoms with E-state index in [9.17, 15) is 4.79 Å². The van der Waals surface area contributed by atoms with Gasteiger partial charge in [0.2, 0.25) is 11.8 Å². The zero-order valence-corrected chi connectivity index (χ0v) is 16.7. The maximum absolute atomic E-state index is 12.8. The minimum atomic E-state index is -0.0926. The van der Waals surface area contributed by atoms with Gasteiger partial charge in [0.25, 0.3) is 5.91 Å². The fraction of sp³-hybridized carbons (Fsp3) is 0.211. The Balaban J connectivity index is 1.82. The SMILES string of the molecule is CC(C)N(Cc1nnc(-c2ccccc2Cl)o1)C(=O)c1ccc(Br)cc1. The van der Waals surface area contributed by atoms with Crippen LogP contribution >= 0.6 is 27.5 Å². The van der Waals surface area contributed by atoms with Gasteiger partial charge in [-0.1, -0.05) is 39.7 Å². The van der Waals surface area contributed by atoms with E-state index >= 15 is 0 Å². The van der Waals surface area contributed by atoms with E-state index < -0.39 is 0 Å². The number of nitrogens with zero attached hydrogens (tertiary/aromatic N) is 3. The second-order valence-electron chi connectivity index (χ2n) is 6.01. The van der Waals surface area contributed by atoms with Crippen molar-refractivity contribution in [3.8, 4) is 11.5 Å². The smallest absolute Gasteiger partial charge is 0.254 e. The Kier molecular flexibility index (Phi) is 5.74. The molecule has 1 aromatic heterocycles. The van der Waals surface area contributed by atoms with Crippen LogP contribution in [0, 0.1) is 0 Å². The summed E-state index contributed by atoms with van der Waals surface area (Å²) in [6.07, 6.45) is 0. The topological polar surface area (TPSA) is 59.2 Å². The van der Waals surface area contributed by atoms with Crippen molar-refractivity contribution < 1.29 is 9.21 Å². The lowest BCUT2D eigenvalue weighted by Gasteiger charge is -2.25. The molecule has 0 radical (unpaired) electrons. The van der Waals surface area contributed by atoms with Gasteiger partial charge in [-0.3, -0.25) is 4.79 Å². The first-order valence-electron chi connectivity index (χ1n) is 8.09. The molecular weight excluding hydrogens is 418 g/mol. The monoisotopic (exact) mass is 433 g/mol. The minimum Gasteiger partial charge on any atom is -0.419 e. The van der Waals surface area contributed by atoms with Crippen LogP contribution in [0.1, 0.15) is 30.1 Å². The number of benzene rings is 2. The van der Waals surface area contributed by atoms with Gasteiger partial charge in [0, 0.05) is 16.1 Å². The molecule has 3 rings (SSSR count). The van der Waals surface area contributed by atoms with Crippen LogP contribution in [0.5, 0.6) is 0 Å². The van der Waals surface area contributed by atoms with Crippen LogP contribution in [-0.2, 0) is 6.54 Å². The van der Waals surface area contributed by atoms with Gasteiger partial charge in [0.1, 0.15) is 0 Å². The highest BCUT2D eigenvalue weighted by Crippen LogP contribution is 2.26. The van der Waals surface area contributed by atoms with Crippen LogP contribution in [0.3, 0.4) is 0 Å². The molecule has 3 aromatic rings. The lowest BCUT2D eigenvalue weighted by atomic mass is 10.1. The molecule has 0 atom stereocenters. The number of carbonyl (C=O) groups excluding carboxylic acids is 1. The summed E-state index contributed by atoms with van der Waals surface area (Å²) in [5, 5.41) is 8.66. The molecule has 5 nitrogen and oxygen atoms in total. The molecule has 1 amide bonds. The first kappa shape index (κ1) is 18.6. The van der Waals surface area contributed by atoms with E-state index in [1.54, 1.807) is 23.1 Å². The number of halogens is 2. The lowest BCUT2D eigenvalue weighted by Crippen LogP contribution is -2.36. The molecule has 0 bridgehead atoms. The largest absolute Gasteiger partial charge is 0.419 e. The van der Waals surface area contributed by atoms with E-state index in [-0.39, 0.29) is 18.5 Å². The molecule has 0 spiro atoms. The summed E-state index contributed by atoms with van der Waals surface area (Å²) in [4.78, 5) is 14.5. The molecule has 0 saturated carbocycles. The van der Waals surface area contributed by atoms with Gasteiger partial charge in [0.15, 0.2) is 0 Å². The number of amides is 1. The summed E-state index contributed by atoms with van der Waals surface area (Å²) < 4.78 is 6.65. The maximum Gasteiger partial charge on any atom is 0.254 e. The Morgan fingerprint density at radius 1 is 1.15 bits per heavy atom. The number of aromatic nitrogens is 2. The lowest BCUT2D eigenvalue weighted by molar-refractivity contribution is 0.0672. The molecule has 0 aliphatic carbocycles. The van der Waals surface area contributed by atoms with Crippen LogP contribution in [0.15, 0.2) is 57.4 Å². The van der Waals surface area contributed by atoms with E-state index in [0.717, 1.165) is 4.47 Å². The second-order valence-corrected chi connectivity index (χ2v) is 7.34. The van der Waals surface area contributed by atoms with Crippen molar-refractivity contribution in [1.29, 1.82) is 0 Å². The molecule has 0 fully saturated rings. The van der Waals surface area contributed by atoms with Crippen molar-refractivity contribution >= 4 is 33.4 Å². The Morgan fingerprint density at radius 2 is 1.85 bits per heavy atom. The third-order valence-corrected chi connectivity index (χ3v) is 4.71. The Bertz CT molecular complexity index is 909. The highest BCUT2D eigenvalue weighted by Gasteiger charge is 2.22. The Labute approximate surface area is 165 Å². The van der Waals surface area contributed by atoms with E-state index in [0.29, 0.717) is 27.9 Å². The fourth-order valence-corrected chi connectivity index (χ4v) is 2.93. The molecule has 0 aliphatic rings. The molecule has 2 aromatic carbocycles. The highest BCUT2D eigenvalue weighted by atomic mass is 79.9. The molecule has 0 saturated heterocycles. The second kappa shape index (κ2) is 8.01. The number of carbonyl (C=O) groups is 1. The third-order valence-electron chi connectivity index (χ3n) is 3.85. The molecule has 0 aliphatic heterocycles. The first-order valence-corrected chi connectivity index (χ1v) is 9.26. The average Bonchev–Trinajstić information content (AvgIpc) is 3.08. The summed E-state index contributed by atoms with van der Waals surface area (Å²) >= 11 is 9.55. The van der Waals surface area contributed by atoms with E-state index in [2.05, 4.69) is 26.1 Å². The molecular formula is C19H17BrClN3O2. The summed E-state index contributed by atoms with van der Waals surface area (Å²) in [5.41, 5.74) is 1.27. The molecule has 0 unspecified atom stereocenters. The van der Waals surface area contributed by atoms with Crippen LogP contribution in [0.4, 0.5) is 0 Å². The van der Waals surface area contributed by atoms with Gasteiger partial charge in [-0.25, -0.2) is 0 Å². The van der Waals surface area contributed by atoms with Gasteiger partial charge < -0.3 is 9.32 Å². The summed E-state index contributed by atoms with van der Waals surface area (Å²) in [7, 11) is 0. The van der Waals surface area contributed by atoms with Gasteiger partial charge >= 0.3 is 0 Å². The van der Waals surface area contributed by atoms with Gasteiger partial charge in [-0.2, -0.15) is 0 Å². The molecule has 0 N–H and O–H groups in total. The highest BCUT2D eigenvalue weighted by molar-refractivity contribution is 9.10. The third kappa shape index (κ3) is 4.14. The van der Waals surface area contributed by atoms with Crippen molar-refractivity contribution in [3.05, 3.63) is 69.5 Å². The van der Waals surface area contributed by atoms with Gasteiger partial charge in [-0.15, -0.1) is 10.2 Å². The number of hydrogen-bond acceptors (Lipinski definition) is 4. The molecule has 134 valence electrons. The van der Waals surface area contributed by atoms with E-state index in [1.807, 2.05) is 44.2 Å². The quantitative estimate of drug-likeness (QED) is 0.553. The van der Waals surface area contributed by atoms with Crippen LogP contribution in [0.2, 0.25) is 5.02 Å². The van der Waals surface area contributed by atoms with E-state index in [1.165, 1.54) is 0 Å². The standard InChI is InChI=1S/C19H17BrClN3O2/c1-12(2)24(19(25)13-7-9-14(20)10-8-13)11-17-22-23-18(26-17)15-5-3-4-6-16(15)21/h3-10,12H,11H2,1-2H3. The summed E-state index contributed by atoms with van der Waals surface area (Å²) in [6.45, 7) is 4.12.